The van der Waals surface area contributed by atoms with Gasteiger partial charge in [0.2, 0.25) is 0 Å². The van der Waals surface area contributed by atoms with Gasteiger partial charge in [-0.05, 0) is 38.5 Å². The second kappa shape index (κ2) is 28.8. The van der Waals surface area contributed by atoms with Gasteiger partial charge in [-0.3, -0.25) is 9.59 Å². The van der Waals surface area contributed by atoms with E-state index in [2.05, 4.69) is 44.2 Å². The van der Waals surface area contributed by atoms with Crippen molar-refractivity contribution < 1.29 is 29.3 Å². The van der Waals surface area contributed by atoms with Gasteiger partial charge in [-0.25, -0.2) is 0 Å². The van der Waals surface area contributed by atoms with E-state index in [1.807, 2.05) is 18.2 Å². The van der Waals surface area contributed by atoms with Crippen LogP contribution < -0.4 is 0 Å². The minimum absolute atomic E-state index is 0.145. The first-order valence-electron chi connectivity index (χ1n) is 15.3. The molecule has 0 aliphatic heterocycles. The van der Waals surface area contributed by atoms with E-state index >= 15 is 0 Å². The van der Waals surface area contributed by atoms with Crippen molar-refractivity contribution >= 4 is 11.9 Å². The highest BCUT2D eigenvalue weighted by Gasteiger charge is 2.11. The zero-order chi connectivity index (χ0) is 28.8. The Balaban J connectivity index is 3.67. The van der Waals surface area contributed by atoms with Crippen LogP contribution in [-0.2, 0) is 19.1 Å². The van der Waals surface area contributed by atoms with Gasteiger partial charge in [0.15, 0.2) is 0 Å². The average Bonchev–Trinajstić information content (AvgIpc) is 2.92. The lowest BCUT2D eigenvalue weighted by Crippen LogP contribution is -2.25. The van der Waals surface area contributed by atoms with Gasteiger partial charge in [-0.1, -0.05) is 120 Å². The smallest absolute Gasteiger partial charge is 0.305 e. The predicted octanol–water partition coefficient (Wildman–Crippen LogP) is 7.69. The number of ether oxygens (including phenoxy) is 2. The standard InChI is InChI=1S/C33H56O6/c1-3-5-7-8-14-18-22-26-32(36)38-28-31(35)29-39-33(37)27-23-19-16-13-11-9-10-12-15-17-21-25-30(34)24-20-6-4-2/h9-10,13,15-17,21,25,30-31,34-35H,3-8,11-12,14,18-20,22-24,26-29H2,1-2H3/b10-9-,16-13-,17-15-,25-21+/t30-,31+/m1/s1. The SMILES string of the molecule is CCCCCCCCCC(=O)OC[C@H](O)COC(=O)CCC/C=C\C/C=C\C/C=C\C=C\[C@H](O)CCCCC. The highest BCUT2D eigenvalue weighted by atomic mass is 16.6. The van der Waals surface area contributed by atoms with Gasteiger partial charge in [-0.15, -0.1) is 0 Å². The summed E-state index contributed by atoms with van der Waals surface area (Å²) < 4.78 is 10.1. The van der Waals surface area contributed by atoms with E-state index in [0.29, 0.717) is 12.8 Å². The van der Waals surface area contributed by atoms with Crippen molar-refractivity contribution in [3.63, 3.8) is 0 Å². The van der Waals surface area contributed by atoms with Crippen LogP contribution in [-0.4, -0.2) is 47.6 Å². The van der Waals surface area contributed by atoms with E-state index in [9.17, 15) is 19.8 Å². The van der Waals surface area contributed by atoms with Crippen LogP contribution in [0, 0.1) is 0 Å². The van der Waals surface area contributed by atoms with Gasteiger partial charge < -0.3 is 19.7 Å². The summed E-state index contributed by atoms with van der Waals surface area (Å²) in [5, 5.41) is 19.7. The molecule has 0 spiro atoms. The summed E-state index contributed by atoms with van der Waals surface area (Å²) in [6.07, 6.45) is 30.7. The molecule has 0 radical (unpaired) electrons. The van der Waals surface area contributed by atoms with Crippen molar-refractivity contribution in [3.05, 3.63) is 48.6 Å². The molecule has 39 heavy (non-hydrogen) atoms. The molecule has 0 aromatic carbocycles. The van der Waals surface area contributed by atoms with E-state index in [1.165, 1.54) is 32.1 Å². The third-order valence-corrected chi connectivity index (χ3v) is 6.17. The zero-order valence-corrected chi connectivity index (χ0v) is 24.7. The van der Waals surface area contributed by atoms with Crippen molar-refractivity contribution in [2.45, 2.75) is 135 Å². The molecule has 0 aliphatic rings. The lowest BCUT2D eigenvalue weighted by molar-refractivity contribution is -0.152. The van der Waals surface area contributed by atoms with Crippen LogP contribution in [0.2, 0.25) is 0 Å². The van der Waals surface area contributed by atoms with Crippen LogP contribution in [0.5, 0.6) is 0 Å². The van der Waals surface area contributed by atoms with Crippen LogP contribution in [0.1, 0.15) is 123 Å². The van der Waals surface area contributed by atoms with Crippen LogP contribution in [0.3, 0.4) is 0 Å². The summed E-state index contributed by atoms with van der Waals surface area (Å²) in [7, 11) is 0. The van der Waals surface area contributed by atoms with Gasteiger partial charge in [0.1, 0.15) is 19.3 Å². The highest BCUT2D eigenvalue weighted by Crippen LogP contribution is 2.09. The number of unbranched alkanes of at least 4 members (excludes halogenated alkanes) is 9. The maximum atomic E-state index is 11.8. The highest BCUT2D eigenvalue weighted by molar-refractivity contribution is 5.69. The van der Waals surface area contributed by atoms with E-state index in [1.54, 1.807) is 0 Å². The molecule has 2 N–H and O–H groups in total. The molecule has 6 nitrogen and oxygen atoms in total. The number of hydrogen-bond donors (Lipinski definition) is 2. The van der Waals surface area contributed by atoms with E-state index in [-0.39, 0.29) is 37.7 Å². The summed E-state index contributed by atoms with van der Waals surface area (Å²) in [6.45, 7) is 4.05. The van der Waals surface area contributed by atoms with Crippen molar-refractivity contribution in [2.75, 3.05) is 13.2 Å². The van der Waals surface area contributed by atoms with Gasteiger partial charge in [0, 0.05) is 12.8 Å². The normalized spacial score (nSPS) is 13.6. The van der Waals surface area contributed by atoms with Gasteiger partial charge >= 0.3 is 11.9 Å². The molecular weight excluding hydrogens is 492 g/mol. The van der Waals surface area contributed by atoms with Crippen LogP contribution in [0.25, 0.3) is 0 Å². The monoisotopic (exact) mass is 548 g/mol. The number of rotatable bonds is 26. The number of carbonyl (C=O) groups is 2. The number of carbonyl (C=O) groups excluding carboxylic acids is 2. The minimum atomic E-state index is -0.994. The maximum absolute atomic E-state index is 11.8. The minimum Gasteiger partial charge on any atom is -0.463 e. The average molecular weight is 549 g/mol. The molecule has 0 aromatic heterocycles. The largest absolute Gasteiger partial charge is 0.463 e. The third-order valence-electron chi connectivity index (χ3n) is 6.17. The first-order chi connectivity index (χ1) is 19.0. The van der Waals surface area contributed by atoms with E-state index in [0.717, 1.165) is 57.8 Å². The fourth-order valence-electron chi connectivity index (χ4n) is 3.77. The number of allylic oxidation sites excluding steroid dienone is 7. The zero-order valence-electron chi connectivity index (χ0n) is 24.7. The van der Waals surface area contributed by atoms with Gasteiger partial charge in [0.25, 0.3) is 0 Å². The Morgan fingerprint density at radius 1 is 0.641 bits per heavy atom. The van der Waals surface area contributed by atoms with Crippen molar-refractivity contribution in [3.8, 4) is 0 Å². The molecule has 0 bridgehead atoms. The Morgan fingerprint density at radius 2 is 1.18 bits per heavy atom. The summed E-state index contributed by atoms with van der Waals surface area (Å²) in [6, 6.07) is 0. The molecule has 0 saturated heterocycles. The Bertz CT molecular complexity index is 694. The first-order valence-corrected chi connectivity index (χ1v) is 15.3. The molecule has 0 aliphatic carbocycles. The molecule has 0 amide bonds. The third kappa shape index (κ3) is 28.6. The Morgan fingerprint density at radius 3 is 1.85 bits per heavy atom. The van der Waals surface area contributed by atoms with Crippen molar-refractivity contribution in [1.29, 1.82) is 0 Å². The lowest BCUT2D eigenvalue weighted by Gasteiger charge is -2.12. The molecule has 0 fully saturated rings. The number of aliphatic hydroxyl groups is 2. The summed E-state index contributed by atoms with van der Waals surface area (Å²) in [4.78, 5) is 23.6. The molecule has 0 unspecified atom stereocenters. The quantitative estimate of drug-likeness (QED) is 0.0498. The second-order valence-electron chi connectivity index (χ2n) is 10.1. The summed E-state index contributed by atoms with van der Waals surface area (Å²) >= 11 is 0. The Labute approximate surface area is 238 Å². The van der Waals surface area contributed by atoms with Gasteiger partial charge in [0.05, 0.1) is 6.10 Å². The number of esters is 2. The number of aliphatic hydroxyl groups excluding tert-OH is 2. The molecule has 224 valence electrons. The summed E-state index contributed by atoms with van der Waals surface area (Å²) in [5.41, 5.74) is 0. The number of hydrogen-bond acceptors (Lipinski definition) is 6. The molecular formula is C33H56O6. The molecule has 0 aromatic rings. The first kappa shape index (κ1) is 36.8. The molecule has 0 rings (SSSR count). The van der Waals surface area contributed by atoms with Crippen LogP contribution in [0.4, 0.5) is 0 Å². The molecule has 0 heterocycles. The van der Waals surface area contributed by atoms with Crippen LogP contribution >= 0.6 is 0 Å². The van der Waals surface area contributed by atoms with E-state index in [4.69, 9.17) is 9.47 Å². The fraction of sp³-hybridized carbons (Fsp3) is 0.697. The maximum Gasteiger partial charge on any atom is 0.305 e. The lowest BCUT2D eigenvalue weighted by atomic mass is 10.1. The topological polar surface area (TPSA) is 93.1 Å². The Kier molecular flexibility index (Phi) is 27.2. The Hall–Kier alpha value is -2.18. The van der Waals surface area contributed by atoms with Crippen LogP contribution in [0.15, 0.2) is 48.6 Å². The fourth-order valence-corrected chi connectivity index (χ4v) is 3.77. The second-order valence-corrected chi connectivity index (χ2v) is 10.1. The molecule has 0 saturated carbocycles. The van der Waals surface area contributed by atoms with Gasteiger partial charge in [-0.2, -0.15) is 0 Å². The summed E-state index contributed by atoms with van der Waals surface area (Å²) in [5.74, 6) is -0.667. The molecule has 2 atom stereocenters. The van der Waals surface area contributed by atoms with Crippen molar-refractivity contribution in [2.24, 2.45) is 0 Å². The predicted molar refractivity (Wildman–Crippen MR) is 160 cm³/mol. The molecule has 6 heteroatoms. The van der Waals surface area contributed by atoms with E-state index < -0.39 is 6.10 Å². The van der Waals surface area contributed by atoms with Crippen molar-refractivity contribution in [1.82, 2.24) is 0 Å².